The summed E-state index contributed by atoms with van der Waals surface area (Å²) in [4.78, 5) is 42.2. The summed E-state index contributed by atoms with van der Waals surface area (Å²) in [5.41, 5.74) is 1.75. The smallest absolute Gasteiger partial charge is 0.410 e. The van der Waals surface area contributed by atoms with Crippen molar-refractivity contribution in [3.05, 3.63) is 57.3 Å². The van der Waals surface area contributed by atoms with Crippen LogP contribution in [0.3, 0.4) is 0 Å². The minimum Gasteiger partial charge on any atom is -0.444 e. The van der Waals surface area contributed by atoms with E-state index in [1.807, 2.05) is 45.2 Å². The molecular weight excluding hydrogens is 414 g/mol. The number of aryl methyl sites for hydroxylation is 1. The van der Waals surface area contributed by atoms with E-state index in [1.165, 1.54) is 11.3 Å². The Kier molecular flexibility index (Phi) is 6.69. The Morgan fingerprint density at radius 3 is 2.52 bits per heavy atom. The van der Waals surface area contributed by atoms with Crippen LogP contribution < -0.4 is 5.32 Å². The molecule has 1 aromatic heterocycles. The minimum atomic E-state index is -0.604. The molecule has 0 aliphatic carbocycles. The Morgan fingerprint density at radius 2 is 1.90 bits per heavy atom. The first-order valence-corrected chi connectivity index (χ1v) is 11.1. The molecule has 1 N–H and O–H groups in total. The number of nitrogens with one attached hydrogen (secondary N) is 1. The van der Waals surface area contributed by atoms with Crippen LogP contribution in [-0.2, 0) is 4.74 Å². The van der Waals surface area contributed by atoms with Crippen LogP contribution in [-0.4, -0.2) is 60.0 Å². The van der Waals surface area contributed by atoms with Crippen molar-refractivity contribution in [3.63, 3.8) is 0 Å². The van der Waals surface area contributed by atoms with E-state index >= 15 is 0 Å². The lowest BCUT2D eigenvalue weighted by molar-refractivity contribution is 0.00417. The largest absolute Gasteiger partial charge is 0.444 e. The number of piperazine rings is 1. The Morgan fingerprint density at radius 1 is 1.16 bits per heavy atom. The molecule has 2 aromatic rings. The fourth-order valence-electron chi connectivity index (χ4n) is 3.52. The van der Waals surface area contributed by atoms with Gasteiger partial charge in [-0.05, 0) is 62.4 Å². The molecule has 31 heavy (non-hydrogen) atoms. The number of carbonyl (C=O) groups excluding carboxylic acids is 3. The molecule has 0 radical (unpaired) electrons. The van der Waals surface area contributed by atoms with Gasteiger partial charge in [-0.25, -0.2) is 4.79 Å². The molecule has 0 saturated carbocycles. The molecule has 1 unspecified atom stereocenters. The van der Waals surface area contributed by atoms with Crippen molar-refractivity contribution in [2.24, 2.45) is 0 Å². The van der Waals surface area contributed by atoms with Crippen molar-refractivity contribution >= 4 is 29.2 Å². The topological polar surface area (TPSA) is 79.0 Å². The standard InChI is InChI=1S/C23H29N3O4S/c1-15-11-19(31-14-15)21(28)26-10-9-25(22(29)30-23(2,3)4)13-18(26)16-7-6-8-17(12-16)20(27)24-5/h6-8,11-12,14,18H,9-10,13H2,1-5H3,(H,24,27). The monoisotopic (exact) mass is 443 g/mol. The van der Waals surface area contributed by atoms with Gasteiger partial charge in [-0.3, -0.25) is 9.59 Å². The molecule has 1 fully saturated rings. The van der Waals surface area contributed by atoms with Crippen LogP contribution in [0, 0.1) is 6.92 Å². The molecule has 1 aromatic carbocycles. The number of nitrogens with zero attached hydrogens (tertiary/aromatic N) is 2. The SMILES string of the molecule is CNC(=O)c1cccc(C2CN(C(=O)OC(C)(C)C)CCN2C(=O)c2cc(C)cs2)c1. The fourth-order valence-corrected chi connectivity index (χ4v) is 4.37. The average molecular weight is 444 g/mol. The summed E-state index contributed by atoms with van der Waals surface area (Å²) >= 11 is 1.41. The van der Waals surface area contributed by atoms with Crippen LogP contribution in [0.2, 0.25) is 0 Å². The normalized spacial score (nSPS) is 16.7. The van der Waals surface area contributed by atoms with E-state index < -0.39 is 11.7 Å². The van der Waals surface area contributed by atoms with Crippen LogP contribution in [0.25, 0.3) is 0 Å². The summed E-state index contributed by atoms with van der Waals surface area (Å²) in [5, 5.41) is 4.57. The zero-order valence-electron chi connectivity index (χ0n) is 18.6. The maximum atomic E-state index is 13.3. The maximum Gasteiger partial charge on any atom is 0.410 e. The van der Waals surface area contributed by atoms with Gasteiger partial charge < -0.3 is 19.9 Å². The number of carbonyl (C=O) groups is 3. The van der Waals surface area contributed by atoms with Crippen molar-refractivity contribution in [3.8, 4) is 0 Å². The van der Waals surface area contributed by atoms with Crippen LogP contribution in [0.1, 0.15) is 58.0 Å². The van der Waals surface area contributed by atoms with E-state index in [0.717, 1.165) is 11.1 Å². The Balaban J connectivity index is 1.93. The molecule has 3 amide bonds. The second-order valence-electron chi connectivity index (χ2n) is 8.63. The van der Waals surface area contributed by atoms with Gasteiger partial charge in [-0.1, -0.05) is 12.1 Å². The summed E-state index contributed by atoms with van der Waals surface area (Å²) in [6.45, 7) is 8.50. The molecule has 166 valence electrons. The van der Waals surface area contributed by atoms with Crippen LogP contribution in [0.15, 0.2) is 35.7 Å². The molecule has 8 heteroatoms. The Bertz CT molecular complexity index is 979. The lowest BCUT2D eigenvalue weighted by Gasteiger charge is -2.41. The van der Waals surface area contributed by atoms with Gasteiger partial charge in [0.15, 0.2) is 0 Å². The molecular formula is C23H29N3O4S. The third kappa shape index (κ3) is 5.44. The number of amides is 3. The maximum absolute atomic E-state index is 13.3. The van der Waals surface area contributed by atoms with Gasteiger partial charge in [-0.2, -0.15) is 0 Å². The predicted molar refractivity (Wildman–Crippen MR) is 120 cm³/mol. The highest BCUT2D eigenvalue weighted by Crippen LogP contribution is 2.30. The van der Waals surface area contributed by atoms with Gasteiger partial charge in [-0.15, -0.1) is 11.3 Å². The van der Waals surface area contributed by atoms with E-state index in [4.69, 9.17) is 4.74 Å². The number of thiophene rings is 1. The highest BCUT2D eigenvalue weighted by molar-refractivity contribution is 7.12. The predicted octanol–water partition coefficient (Wildman–Crippen LogP) is 3.85. The molecule has 1 atom stereocenters. The van der Waals surface area contributed by atoms with E-state index in [-0.39, 0.29) is 17.9 Å². The zero-order valence-corrected chi connectivity index (χ0v) is 19.4. The second kappa shape index (κ2) is 9.09. The van der Waals surface area contributed by atoms with Gasteiger partial charge in [0, 0.05) is 32.2 Å². The third-order valence-electron chi connectivity index (χ3n) is 4.99. The van der Waals surface area contributed by atoms with Gasteiger partial charge in [0.2, 0.25) is 0 Å². The van der Waals surface area contributed by atoms with Crippen molar-refractivity contribution in [2.45, 2.75) is 39.3 Å². The van der Waals surface area contributed by atoms with E-state index in [2.05, 4.69) is 5.32 Å². The quantitative estimate of drug-likeness (QED) is 0.782. The number of benzene rings is 1. The highest BCUT2D eigenvalue weighted by atomic mass is 32.1. The number of ether oxygens (including phenoxy) is 1. The Hall–Kier alpha value is -2.87. The van der Waals surface area contributed by atoms with Crippen molar-refractivity contribution in [1.82, 2.24) is 15.1 Å². The van der Waals surface area contributed by atoms with E-state index in [9.17, 15) is 14.4 Å². The first-order chi connectivity index (χ1) is 14.6. The Labute approximate surface area is 187 Å². The van der Waals surface area contributed by atoms with Gasteiger partial charge in [0.25, 0.3) is 11.8 Å². The molecule has 7 nitrogen and oxygen atoms in total. The van der Waals surface area contributed by atoms with Crippen LogP contribution in [0.5, 0.6) is 0 Å². The zero-order chi connectivity index (χ0) is 22.8. The molecule has 2 heterocycles. The van der Waals surface area contributed by atoms with Crippen molar-refractivity contribution < 1.29 is 19.1 Å². The number of hydrogen-bond donors (Lipinski definition) is 1. The summed E-state index contributed by atoms with van der Waals surface area (Å²) in [5.74, 6) is -0.272. The summed E-state index contributed by atoms with van der Waals surface area (Å²) < 4.78 is 5.55. The van der Waals surface area contributed by atoms with Gasteiger partial charge in [0.1, 0.15) is 5.60 Å². The molecule has 1 aliphatic rings. The number of rotatable bonds is 3. The van der Waals surface area contributed by atoms with E-state index in [0.29, 0.717) is 30.1 Å². The fraction of sp³-hybridized carbons (Fsp3) is 0.435. The van der Waals surface area contributed by atoms with Crippen molar-refractivity contribution in [1.29, 1.82) is 0 Å². The lowest BCUT2D eigenvalue weighted by Crippen LogP contribution is -2.53. The van der Waals surface area contributed by atoms with Crippen molar-refractivity contribution in [2.75, 3.05) is 26.7 Å². The lowest BCUT2D eigenvalue weighted by atomic mass is 9.99. The highest BCUT2D eigenvalue weighted by Gasteiger charge is 2.36. The van der Waals surface area contributed by atoms with Gasteiger partial charge >= 0.3 is 6.09 Å². The summed E-state index contributed by atoms with van der Waals surface area (Å²) in [6.07, 6.45) is -0.404. The average Bonchev–Trinajstić information content (AvgIpc) is 3.17. The first-order valence-electron chi connectivity index (χ1n) is 10.2. The van der Waals surface area contributed by atoms with Gasteiger partial charge in [0.05, 0.1) is 10.9 Å². The minimum absolute atomic E-state index is 0.0720. The molecule has 0 bridgehead atoms. The molecule has 1 aliphatic heterocycles. The first kappa shape index (κ1) is 22.8. The van der Waals surface area contributed by atoms with Crippen LogP contribution >= 0.6 is 11.3 Å². The molecule has 1 saturated heterocycles. The second-order valence-corrected chi connectivity index (χ2v) is 9.54. The summed E-state index contributed by atoms with van der Waals surface area (Å²) in [6, 6.07) is 8.68. The molecule has 3 rings (SSSR count). The van der Waals surface area contributed by atoms with Crippen LogP contribution in [0.4, 0.5) is 4.79 Å². The van der Waals surface area contributed by atoms with E-state index in [1.54, 1.807) is 35.0 Å². The number of hydrogen-bond acceptors (Lipinski definition) is 5. The third-order valence-corrected chi connectivity index (χ3v) is 6.03. The molecule has 0 spiro atoms. The summed E-state index contributed by atoms with van der Waals surface area (Å²) in [7, 11) is 1.58.